The van der Waals surface area contributed by atoms with Crippen LogP contribution in [0.5, 0.6) is 0 Å². The van der Waals surface area contributed by atoms with Crippen molar-refractivity contribution in [2.75, 3.05) is 18.9 Å². The van der Waals surface area contributed by atoms with Crippen molar-refractivity contribution in [3.63, 3.8) is 0 Å². The molecule has 2 aromatic rings. The van der Waals surface area contributed by atoms with Crippen molar-refractivity contribution >= 4 is 49.8 Å². The number of anilines is 1. The molecule has 2 saturated heterocycles. The first-order valence-electron chi connectivity index (χ1n) is 12.7. The fraction of sp³-hybridized carbons (Fsp3) is 0.524. The first-order valence-corrected chi connectivity index (χ1v) is 16.1. The maximum absolute atomic E-state index is 12.4. The number of imidazole rings is 1. The Morgan fingerprint density at radius 1 is 0.977 bits per heavy atom. The van der Waals surface area contributed by atoms with Gasteiger partial charge in [0.2, 0.25) is 0 Å². The van der Waals surface area contributed by atoms with Crippen molar-refractivity contribution in [3.8, 4) is 0 Å². The molecule has 2 fully saturated rings. The molecule has 0 spiro atoms. The Labute approximate surface area is 253 Å². The standard InChI is InChI=1S/C21H29N7O13P2S/c22-17-12-19(25-7-24-17)28(8-26-12)21-16(32)14(30)11(40-21)6-38-43(35,36)41-42(33,34)37-5-10-13(29)15(31)20(39-10)27-3-1-2-9(4-27)18(23)44/h1,3-4,7-8,10-11,13-16,20-21,29-32H,2,5-6H2,(H2,23,44)(H,33,34)(H,35,36)(H2,22,24,25)/t10-,11+,13-,14-,15-,16-,20-,21-/m1/s1. The summed E-state index contributed by atoms with van der Waals surface area (Å²) < 4.78 is 51.0. The van der Waals surface area contributed by atoms with Crippen molar-refractivity contribution in [2.24, 2.45) is 5.73 Å². The van der Waals surface area contributed by atoms with Gasteiger partial charge in [-0.25, -0.2) is 24.1 Å². The highest BCUT2D eigenvalue weighted by Gasteiger charge is 2.48. The second kappa shape index (κ2) is 12.7. The molecule has 0 amide bonds. The number of ether oxygens (including phenoxy) is 2. The Kier molecular flexibility index (Phi) is 9.53. The molecule has 2 aromatic heterocycles. The fourth-order valence-electron chi connectivity index (χ4n) is 4.68. The normalized spacial score (nSPS) is 33.3. The number of hydrogen-bond donors (Lipinski definition) is 8. The number of allylic oxidation sites excluding steroid dienone is 1. The van der Waals surface area contributed by atoms with E-state index >= 15 is 0 Å². The van der Waals surface area contributed by atoms with E-state index < -0.39 is 77.9 Å². The van der Waals surface area contributed by atoms with Crippen LogP contribution in [0.2, 0.25) is 0 Å². The van der Waals surface area contributed by atoms with Crippen molar-refractivity contribution in [2.45, 2.75) is 55.5 Å². The zero-order valence-corrected chi connectivity index (χ0v) is 25.0. The fourth-order valence-corrected chi connectivity index (χ4v) is 6.91. The molecule has 0 radical (unpaired) electrons. The van der Waals surface area contributed by atoms with E-state index in [2.05, 4.69) is 19.3 Å². The van der Waals surface area contributed by atoms with Crippen LogP contribution in [-0.2, 0) is 32.0 Å². The Morgan fingerprint density at radius 3 is 2.18 bits per heavy atom. The van der Waals surface area contributed by atoms with E-state index in [9.17, 15) is 39.3 Å². The number of rotatable bonds is 11. The lowest BCUT2D eigenvalue weighted by Crippen LogP contribution is -2.40. The smallest absolute Gasteiger partial charge is 0.390 e. The summed E-state index contributed by atoms with van der Waals surface area (Å²) >= 11 is 4.95. The number of phosphoric ester groups is 2. The minimum Gasteiger partial charge on any atom is -0.390 e. The van der Waals surface area contributed by atoms with Crippen molar-refractivity contribution in [1.29, 1.82) is 0 Å². The lowest BCUT2D eigenvalue weighted by molar-refractivity contribution is -0.0651. The number of hydrogen-bond acceptors (Lipinski definition) is 17. The van der Waals surface area contributed by atoms with Crippen LogP contribution in [0.15, 0.2) is 36.7 Å². The third kappa shape index (κ3) is 6.86. The van der Waals surface area contributed by atoms with Crippen LogP contribution >= 0.6 is 27.9 Å². The highest BCUT2D eigenvalue weighted by Crippen LogP contribution is 2.60. The molecule has 3 aliphatic rings. The minimum absolute atomic E-state index is 0.0585. The summed E-state index contributed by atoms with van der Waals surface area (Å²) in [6.45, 7) is -1.73. The predicted octanol–water partition coefficient (Wildman–Crippen LogP) is -1.89. The molecule has 20 nitrogen and oxygen atoms in total. The molecular weight excluding hydrogens is 652 g/mol. The van der Waals surface area contributed by atoms with E-state index in [0.29, 0.717) is 12.0 Å². The molecule has 0 aliphatic carbocycles. The second-order valence-electron chi connectivity index (χ2n) is 9.84. The number of aromatic nitrogens is 4. The van der Waals surface area contributed by atoms with Gasteiger partial charge in [-0.2, -0.15) is 4.31 Å². The summed E-state index contributed by atoms with van der Waals surface area (Å²) in [5.74, 6) is 0.0585. The van der Waals surface area contributed by atoms with Gasteiger partial charge in [0.15, 0.2) is 23.9 Å². The van der Waals surface area contributed by atoms with E-state index in [0.717, 1.165) is 6.33 Å². The number of phosphoric acid groups is 2. The van der Waals surface area contributed by atoms with Gasteiger partial charge in [0.1, 0.15) is 53.5 Å². The Balaban J connectivity index is 1.15. The molecule has 0 aromatic carbocycles. The van der Waals surface area contributed by atoms with Gasteiger partial charge in [-0.05, 0) is 6.42 Å². The molecule has 5 heterocycles. The van der Waals surface area contributed by atoms with Gasteiger partial charge < -0.3 is 56.1 Å². The van der Waals surface area contributed by atoms with Crippen LogP contribution in [0.4, 0.5) is 5.82 Å². The zero-order chi connectivity index (χ0) is 32.0. The van der Waals surface area contributed by atoms with E-state index in [1.54, 1.807) is 12.3 Å². The van der Waals surface area contributed by atoms with Crippen LogP contribution in [-0.4, -0.2) is 116 Å². The van der Waals surface area contributed by atoms with Crippen LogP contribution < -0.4 is 11.5 Å². The Bertz CT molecular complexity index is 1560. The second-order valence-corrected chi connectivity index (χ2v) is 13.3. The molecule has 3 aliphatic heterocycles. The van der Waals surface area contributed by atoms with Gasteiger partial charge in [0, 0.05) is 18.0 Å². The molecule has 44 heavy (non-hydrogen) atoms. The first-order chi connectivity index (χ1) is 20.7. The van der Waals surface area contributed by atoms with E-state index in [4.69, 9.17) is 42.2 Å². The molecule has 23 heteroatoms. The topological polar surface area (TPSA) is 301 Å². The third-order valence-electron chi connectivity index (χ3n) is 6.88. The van der Waals surface area contributed by atoms with Gasteiger partial charge in [0.05, 0.1) is 19.5 Å². The van der Waals surface area contributed by atoms with Crippen LogP contribution in [0.3, 0.4) is 0 Å². The summed E-state index contributed by atoms with van der Waals surface area (Å²) in [4.78, 5) is 33.5. The average Bonchev–Trinajstić information content (AvgIpc) is 3.61. The molecule has 10 atom stereocenters. The maximum atomic E-state index is 12.4. The number of nitrogen functional groups attached to an aromatic ring is 1. The largest absolute Gasteiger partial charge is 0.481 e. The molecule has 10 N–H and O–H groups in total. The van der Waals surface area contributed by atoms with Gasteiger partial charge in [-0.15, -0.1) is 0 Å². The number of fused-ring (bicyclic) bond motifs is 1. The molecule has 242 valence electrons. The molecule has 0 saturated carbocycles. The lowest BCUT2D eigenvalue weighted by Gasteiger charge is -2.29. The SMILES string of the molecule is NC(=S)C1=CN([C@@H]2O[C@H](COP(=O)(O)OP(=O)(O)OC[C@@H]3O[C@@H](n4cnc5c(N)ncnc54)[C@H](O)[C@@H]3O)[C@@H](O)[C@H]2O)C=CC1. The third-order valence-corrected chi connectivity index (χ3v) is 9.74. The Hall–Kier alpha value is -2.46. The summed E-state index contributed by atoms with van der Waals surface area (Å²) in [5, 5.41) is 41.8. The van der Waals surface area contributed by atoms with Gasteiger partial charge >= 0.3 is 15.6 Å². The Morgan fingerprint density at radius 2 is 1.57 bits per heavy atom. The molecule has 5 rings (SSSR count). The first kappa shape index (κ1) is 32.9. The highest BCUT2D eigenvalue weighted by atomic mass is 32.1. The quantitative estimate of drug-likeness (QED) is 0.0950. The number of nitrogens with two attached hydrogens (primary N) is 2. The average molecular weight is 682 g/mol. The monoisotopic (exact) mass is 681 g/mol. The predicted molar refractivity (Wildman–Crippen MR) is 149 cm³/mol. The summed E-state index contributed by atoms with van der Waals surface area (Å²) in [6.07, 6.45) is -3.91. The van der Waals surface area contributed by atoms with Crippen LogP contribution in [0.25, 0.3) is 11.2 Å². The van der Waals surface area contributed by atoms with E-state index in [1.807, 2.05) is 0 Å². The van der Waals surface area contributed by atoms with Crippen molar-refractivity contribution in [1.82, 2.24) is 24.4 Å². The van der Waals surface area contributed by atoms with Gasteiger partial charge in [-0.1, -0.05) is 18.3 Å². The van der Waals surface area contributed by atoms with E-state index in [-0.39, 0.29) is 22.0 Å². The van der Waals surface area contributed by atoms with Crippen molar-refractivity contribution in [3.05, 3.63) is 36.7 Å². The number of aliphatic hydroxyl groups is 4. The number of aliphatic hydroxyl groups excluding tert-OH is 4. The molecular formula is C21H29N7O13P2S. The molecule has 0 bridgehead atoms. The zero-order valence-electron chi connectivity index (χ0n) is 22.4. The highest BCUT2D eigenvalue weighted by molar-refractivity contribution is 7.80. The van der Waals surface area contributed by atoms with Gasteiger partial charge in [0.25, 0.3) is 0 Å². The minimum atomic E-state index is -5.35. The molecule has 2 unspecified atom stereocenters. The summed E-state index contributed by atoms with van der Waals surface area (Å²) in [6, 6.07) is 0. The maximum Gasteiger partial charge on any atom is 0.481 e. The number of nitrogens with zero attached hydrogens (tertiary/aromatic N) is 5. The van der Waals surface area contributed by atoms with Crippen molar-refractivity contribution < 1.29 is 62.2 Å². The lowest BCUT2D eigenvalue weighted by atomic mass is 10.1. The van der Waals surface area contributed by atoms with Gasteiger partial charge in [-0.3, -0.25) is 13.6 Å². The summed E-state index contributed by atoms with van der Waals surface area (Å²) in [7, 11) is -10.7. The number of thiocarbonyl (C=S) groups is 1. The summed E-state index contributed by atoms with van der Waals surface area (Å²) in [5.41, 5.74) is 12.3. The van der Waals surface area contributed by atoms with Crippen LogP contribution in [0, 0.1) is 0 Å². The van der Waals surface area contributed by atoms with E-state index in [1.165, 1.54) is 22.0 Å². The van der Waals surface area contributed by atoms with Crippen LogP contribution in [0.1, 0.15) is 12.6 Å².